The summed E-state index contributed by atoms with van der Waals surface area (Å²) in [5.41, 5.74) is 0. The number of likely N-dealkylation sites (tertiary alicyclic amines) is 1. The van der Waals surface area contributed by atoms with E-state index in [-0.39, 0.29) is 42.2 Å². The minimum atomic E-state index is -0.637. The fraction of sp³-hybridized carbons (Fsp3) is 0.720. The van der Waals surface area contributed by atoms with Crippen molar-refractivity contribution in [3.8, 4) is 0 Å². The number of nitrogens with zero attached hydrogens (tertiary/aromatic N) is 3. The molecule has 3 amide bonds. The molecular formula is C25H37N3O4S. The first-order chi connectivity index (χ1) is 15.9. The van der Waals surface area contributed by atoms with Crippen LogP contribution in [-0.2, 0) is 14.4 Å². The summed E-state index contributed by atoms with van der Waals surface area (Å²) in [5, 5.41) is 9.82. The molecule has 0 radical (unpaired) electrons. The predicted octanol–water partition coefficient (Wildman–Crippen LogP) is 2.06. The van der Waals surface area contributed by atoms with Crippen molar-refractivity contribution in [2.45, 2.75) is 67.0 Å². The summed E-state index contributed by atoms with van der Waals surface area (Å²) in [6.07, 6.45) is 10.4. The van der Waals surface area contributed by atoms with Crippen molar-refractivity contribution in [2.24, 2.45) is 11.8 Å². The average Bonchev–Trinajstić information content (AvgIpc) is 3.45. The monoisotopic (exact) mass is 475 g/mol. The van der Waals surface area contributed by atoms with Gasteiger partial charge in [0.05, 0.1) is 23.2 Å². The van der Waals surface area contributed by atoms with E-state index in [2.05, 4.69) is 13.2 Å². The predicted molar refractivity (Wildman–Crippen MR) is 130 cm³/mol. The summed E-state index contributed by atoms with van der Waals surface area (Å²) in [7, 11) is 1.75. The zero-order chi connectivity index (χ0) is 23.8. The molecule has 4 aliphatic rings. The second kappa shape index (κ2) is 9.82. The van der Waals surface area contributed by atoms with E-state index in [9.17, 15) is 19.5 Å². The second-order valence-electron chi connectivity index (χ2n) is 9.89. The molecule has 1 N–H and O–H groups in total. The SMILES string of the molecule is C=CCN(C)C(=O)[C@@H]1[C@@H]2CCC3(S2)C(C(=O)N(CC=C)C2CCCCC2)N(CCO)C(=O)[C@H]13. The van der Waals surface area contributed by atoms with Crippen LogP contribution in [-0.4, -0.2) is 92.9 Å². The Morgan fingerprint density at radius 3 is 2.48 bits per heavy atom. The summed E-state index contributed by atoms with van der Waals surface area (Å²) in [6, 6.07) is -0.480. The Kier molecular flexibility index (Phi) is 7.24. The topological polar surface area (TPSA) is 81.2 Å². The number of β-amino-alcohol motifs (C(OH)–C–C–N with tert-alkyl or cyclic N) is 1. The summed E-state index contributed by atoms with van der Waals surface area (Å²) < 4.78 is -0.600. The van der Waals surface area contributed by atoms with Crippen LogP contribution in [0.1, 0.15) is 44.9 Å². The maximum Gasteiger partial charge on any atom is 0.247 e. The average molecular weight is 476 g/mol. The van der Waals surface area contributed by atoms with Crippen molar-refractivity contribution in [3.05, 3.63) is 25.3 Å². The third-order valence-electron chi connectivity index (χ3n) is 8.06. The van der Waals surface area contributed by atoms with E-state index in [0.717, 1.165) is 38.5 Å². The molecule has 33 heavy (non-hydrogen) atoms. The Morgan fingerprint density at radius 1 is 1.15 bits per heavy atom. The van der Waals surface area contributed by atoms with E-state index in [4.69, 9.17) is 0 Å². The Balaban J connectivity index is 1.69. The zero-order valence-corrected chi connectivity index (χ0v) is 20.5. The maximum atomic E-state index is 14.2. The van der Waals surface area contributed by atoms with Crippen LogP contribution in [0.3, 0.4) is 0 Å². The molecule has 1 spiro atoms. The molecule has 1 aliphatic carbocycles. The largest absolute Gasteiger partial charge is 0.395 e. The number of carbonyl (C=O) groups excluding carboxylic acids is 3. The van der Waals surface area contributed by atoms with E-state index < -0.39 is 22.6 Å². The lowest BCUT2D eigenvalue weighted by Gasteiger charge is -2.41. The van der Waals surface area contributed by atoms with Gasteiger partial charge in [0.15, 0.2) is 0 Å². The van der Waals surface area contributed by atoms with E-state index in [1.54, 1.807) is 40.8 Å². The van der Waals surface area contributed by atoms with Crippen molar-refractivity contribution in [2.75, 3.05) is 33.3 Å². The molecule has 0 aromatic rings. The minimum absolute atomic E-state index is 0.0354. The standard InChI is InChI=1S/C25H37N3O4S/c1-4-13-26(3)22(30)19-18-11-12-25(33-18)20(19)23(31)28(15-16-29)21(25)24(32)27(14-5-2)17-9-7-6-8-10-17/h4-5,17-21,29H,1-2,6-16H2,3H3/t18-,19+,20-,21?,25?/m0/s1. The molecule has 3 heterocycles. The fourth-order valence-corrected chi connectivity index (χ4v) is 8.91. The third kappa shape index (κ3) is 3.93. The van der Waals surface area contributed by atoms with Gasteiger partial charge >= 0.3 is 0 Å². The van der Waals surface area contributed by atoms with E-state index >= 15 is 0 Å². The molecule has 4 fully saturated rings. The van der Waals surface area contributed by atoms with Crippen LogP contribution in [0.2, 0.25) is 0 Å². The molecule has 1 saturated carbocycles. The van der Waals surface area contributed by atoms with Gasteiger partial charge in [-0.3, -0.25) is 14.4 Å². The van der Waals surface area contributed by atoms with Crippen LogP contribution >= 0.6 is 11.8 Å². The highest BCUT2D eigenvalue weighted by Crippen LogP contribution is 2.66. The van der Waals surface area contributed by atoms with E-state index in [1.165, 1.54) is 6.42 Å². The molecule has 3 saturated heterocycles. The summed E-state index contributed by atoms with van der Waals surface area (Å²) in [5.74, 6) is -1.17. The Bertz CT molecular complexity index is 813. The van der Waals surface area contributed by atoms with Gasteiger partial charge in [-0.15, -0.1) is 24.9 Å². The number of fused-ring (bicyclic) bond motifs is 1. The van der Waals surface area contributed by atoms with Crippen LogP contribution in [0.4, 0.5) is 0 Å². The molecule has 182 valence electrons. The number of hydrogen-bond donors (Lipinski definition) is 1. The Labute approximate surface area is 201 Å². The Morgan fingerprint density at radius 2 is 1.85 bits per heavy atom. The van der Waals surface area contributed by atoms with Crippen LogP contribution < -0.4 is 0 Å². The zero-order valence-electron chi connectivity index (χ0n) is 19.7. The van der Waals surface area contributed by atoms with Crippen LogP contribution in [0.15, 0.2) is 25.3 Å². The minimum Gasteiger partial charge on any atom is -0.395 e. The smallest absolute Gasteiger partial charge is 0.247 e. The van der Waals surface area contributed by atoms with Crippen LogP contribution in [0.5, 0.6) is 0 Å². The van der Waals surface area contributed by atoms with Gasteiger partial charge in [0.2, 0.25) is 17.7 Å². The first-order valence-corrected chi connectivity index (χ1v) is 13.2. The van der Waals surface area contributed by atoms with Gasteiger partial charge in [0.25, 0.3) is 0 Å². The molecule has 2 unspecified atom stereocenters. The summed E-state index contributed by atoms with van der Waals surface area (Å²) in [6.45, 7) is 8.42. The first kappa shape index (κ1) is 24.3. The molecule has 5 atom stereocenters. The second-order valence-corrected chi connectivity index (χ2v) is 11.5. The van der Waals surface area contributed by atoms with Gasteiger partial charge < -0.3 is 19.8 Å². The number of carbonyl (C=O) groups is 3. The number of thioether (sulfide) groups is 1. The lowest BCUT2D eigenvalue weighted by atomic mass is 9.70. The number of likely N-dealkylation sites (N-methyl/N-ethyl adjacent to an activating group) is 1. The molecule has 0 aromatic heterocycles. The number of amides is 3. The lowest BCUT2D eigenvalue weighted by molar-refractivity contribution is -0.145. The maximum absolute atomic E-state index is 14.2. The molecule has 8 heteroatoms. The van der Waals surface area contributed by atoms with Gasteiger partial charge in [-0.05, 0) is 25.7 Å². The molecular weight excluding hydrogens is 438 g/mol. The lowest BCUT2D eigenvalue weighted by Crippen LogP contribution is -2.57. The molecule has 7 nitrogen and oxygen atoms in total. The van der Waals surface area contributed by atoms with Crippen LogP contribution in [0, 0.1) is 11.8 Å². The van der Waals surface area contributed by atoms with Gasteiger partial charge in [-0.2, -0.15) is 0 Å². The van der Waals surface area contributed by atoms with Crippen molar-refractivity contribution < 1.29 is 19.5 Å². The summed E-state index contributed by atoms with van der Waals surface area (Å²) >= 11 is 1.68. The van der Waals surface area contributed by atoms with Crippen molar-refractivity contribution in [1.29, 1.82) is 0 Å². The molecule has 3 aliphatic heterocycles. The van der Waals surface area contributed by atoms with Gasteiger partial charge in [0, 0.05) is 38.0 Å². The Hall–Kier alpha value is -1.80. The molecule has 4 rings (SSSR count). The normalized spacial score (nSPS) is 33.2. The highest BCUT2D eigenvalue weighted by Gasteiger charge is 2.74. The van der Waals surface area contributed by atoms with E-state index in [1.807, 2.05) is 4.90 Å². The molecule has 0 aromatic carbocycles. The number of hydrogen-bond acceptors (Lipinski definition) is 5. The summed E-state index contributed by atoms with van der Waals surface area (Å²) in [4.78, 5) is 46.5. The van der Waals surface area contributed by atoms with Crippen molar-refractivity contribution in [3.63, 3.8) is 0 Å². The van der Waals surface area contributed by atoms with E-state index in [0.29, 0.717) is 13.1 Å². The van der Waals surface area contributed by atoms with Crippen LogP contribution in [0.25, 0.3) is 0 Å². The number of aliphatic hydroxyl groups excluding tert-OH is 1. The van der Waals surface area contributed by atoms with Gasteiger partial charge in [-0.1, -0.05) is 31.4 Å². The quantitative estimate of drug-likeness (QED) is 0.517. The number of rotatable bonds is 9. The fourth-order valence-electron chi connectivity index (χ4n) is 6.71. The highest BCUT2D eigenvalue weighted by molar-refractivity contribution is 8.02. The van der Waals surface area contributed by atoms with Crippen molar-refractivity contribution >= 4 is 29.5 Å². The van der Waals surface area contributed by atoms with Crippen molar-refractivity contribution in [1.82, 2.24) is 14.7 Å². The third-order valence-corrected chi connectivity index (χ3v) is 10.0. The first-order valence-electron chi connectivity index (χ1n) is 12.3. The van der Waals surface area contributed by atoms with Gasteiger partial charge in [-0.25, -0.2) is 0 Å². The van der Waals surface area contributed by atoms with Gasteiger partial charge in [0.1, 0.15) is 6.04 Å². The highest BCUT2D eigenvalue weighted by atomic mass is 32.2. The number of aliphatic hydroxyl groups is 1. The molecule has 2 bridgehead atoms.